The van der Waals surface area contributed by atoms with Gasteiger partial charge in [-0.25, -0.2) is 15.0 Å². The topological polar surface area (TPSA) is 38.7 Å². The summed E-state index contributed by atoms with van der Waals surface area (Å²) in [4.78, 5) is 15.3. The van der Waals surface area contributed by atoms with Crippen molar-refractivity contribution in [1.29, 1.82) is 0 Å². The summed E-state index contributed by atoms with van der Waals surface area (Å²) in [6.45, 7) is 4.67. The number of hydrogen-bond donors (Lipinski definition) is 0. The molecule has 0 saturated heterocycles. The van der Waals surface area contributed by atoms with Gasteiger partial charge < -0.3 is 0 Å². The molecule has 0 N–H and O–H groups in total. The molecular formula is C39H31N3. The van der Waals surface area contributed by atoms with Crippen LogP contribution in [0.5, 0.6) is 0 Å². The molecule has 8 rings (SSSR count). The van der Waals surface area contributed by atoms with Gasteiger partial charge in [0.25, 0.3) is 0 Å². The summed E-state index contributed by atoms with van der Waals surface area (Å²) >= 11 is 0. The fourth-order valence-electron chi connectivity index (χ4n) is 7.38. The van der Waals surface area contributed by atoms with E-state index in [9.17, 15) is 0 Å². The van der Waals surface area contributed by atoms with Crippen LogP contribution in [-0.2, 0) is 11.8 Å². The third kappa shape index (κ3) is 3.56. The zero-order chi connectivity index (χ0) is 28.3. The van der Waals surface area contributed by atoms with Crippen LogP contribution in [0.4, 0.5) is 0 Å². The average molecular weight is 542 g/mol. The number of fused-ring (bicyclic) bond motifs is 7. The van der Waals surface area contributed by atoms with Crippen LogP contribution in [0.1, 0.15) is 48.9 Å². The summed E-state index contributed by atoms with van der Waals surface area (Å²) in [6, 6.07) is 40.9. The van der Waals surface area contributed by atoms with Crippen molar-refractivity contribution in [1.82, 2.24) is 15.0 Å². The van der Waals surface area contributed by atoms with Crippen LogP contribution in [0.2, 0.25) is 0 Å². The van der Waals surface area contributed by atoms with E-state index in [1.807, 2.05) is 36.4 Å². The fourth-order valence-corrected chi connectivity index (χ4v) is 7.38. The van der Waals surface area contributed by atoms with Crippen molar-refractivity contribution in [2.24, 2.45) is 0 Å². The highest BCUT2D eigenvalue weighted by Crippen LogP contribution is 2.59. The molecule has 2 aliphatic carbocycles. The van der Waals surface area contributed by atoms with E-state index in [2.05, 4.69) is 92.7 Å². The first-order chi connectivity index (χ1) is 20.7. The lowest BCUT2D eigenvalue weighted by Gasteiger charge is -2.30. The molecule has 0 saturated carbocycles. The van der Waals surface area contributed by atoms with Crippen molar-refractivity contribution in [2.75, 3.05) is 0 Å². The lowest BCUT2D eigenvalue weighted by molar-refractivity contribution is 0.490. The van der Waals surface area contributed by atoms with E-state index in [4.69, 9.17) is 15.0 Å². The maximum Gasteiger partial charge on any atom is 0.164 e. The van der Waals surface area contributed by atoms with Crippen LogP contribution in [0.15, 0.2) is 115 Å². The number of nitrogens with zero attached hydrogens (tertiary/aromatic N) is 3. The van der Waals surface area contributed by atoms with E-state index in [0.29, 0.717) is 11.6 Å². The molecule has 0 bridgehead atoms. The maximum absolute atomic E-state index is 5.16. The van der Waals surface area contributed by atoms with Crippen molar-refractivity contribution < 1.29 is 0 Å². The Morgan fingerprint density at radius 2 is 1.05 bits per heavy atom. The lowest BCUT2D eigenvalue weighted by atomic mass is 9.73. The van der Waals surface area contributed by atoms with E-state index < -0.39 is 0 Å². The summed E-state index contributed by atoms with van der Waals surface area (Å²) in [5.41, 5.74) is 14.0. The van der Waals surface area contributed by atoms with Crippen LogP contribution >= 0.6 is 0 Å². The van der Waals surface area contributed by atoms with Gasteiger partial charge in [-0.1, -0.05) is 129 Å². The Morgan fingerprint density at radius 3 is 1.71 bits per heavy atom. The molecule has 5 aromatic carbocycles. The Kier molecular flexibility index (Phi) is 5.68. The molecule has 1 aromatic heterocycles. The standard InChI is InChI=1S/C39H31N3/c1-3-39(4-2)31-21-13-20-30(34(31)35-32(39)23-22-28-24-27-18-11-12-19-29(27)33(28)35)38-41-36(25-14-7-5-8-15-25)40-37(42-38)26-16-9-6-10-17-26/h5-23H,3-4,24H2,1-2H3. The Hall–Kier alpha value is -4.89. The number of benzene rings is 5. The van der Waals surface area contributed by atoms with Crippen LogP contribution in [-0.4, -0.2) is 15.0 Å². The number of rotatable bonds is 5. The normalized spacial score (nSPS) is 13.8. The van der Waals surface area contributed by atoms with Crippen molar-refractivity contribution in [3.63, 3.8) is 0 Å². The predicted octanol–water partition coefficient (Wildman–Crippen LogP) is 9.53. The van der Waals surface area contributed by atoms with Gasteiger partial charge in [0.05, 0.1) is 0 Å². The Balaban J connectivity index is 1.45. The van der Waals surface area contributed by atoms with Gasteiger partial charge in [0.15, 0.2) is 17.5 Å². The summed E-state index contributed by atoms with van der Waals surface area (Å²) in [5.74, 6) is 2.10. The van der Waals surface area contributed by atoms with E-state index in [1.54, 1.807) is 0 Å². The average Bonchev–Trinajstić information content (AvgIpc) is 3.58. The molecule has 2 aliphatic rings. The molecule has 6 aromatic rings. The SMILES string of the molecule is CCC1(CC)c2cccc(-c3nc(-c4ccccc4)nc(-c4ccccc4)n3)c2-c2c1ccc1c2-c2ccccc2C1. The molecule has 0 atom stereocenters. The highest BCUT2D eigenvalue weighted by molar-refractivity contribution is 6.01. The number of aromatic nitrogens is 3. The predicted molar refractivity (Wildman–Crippen MR) is 171 cm³/mol. The molecule has 0 radical (unpaired) electrons. The fraction of sp³-hybridized carbons (Fsp3) is 0.154. The largest absolute Gasteiger partial charge is 0.208 e. The van der Waals surface area contributed by atoms with Crippen molar-refractivity contribution in [3.8, 4) is 56.4 Å². The highest BCUT2D eigenvalue weighted by atomic mass is 15.0. The van der Waals surface area contributed by atoms with Crippen LogP contribution in [0.3, 0.4) is 0 Å². The third-order valence-electron chi connectivity index (χ3n) is 9.45. The lowest BCUT2D eigenvalue weighted by Crippen LogP contribution is -2.23. The monoisotopic (exact) mass is 541 g/mol. The first-order valence-corrected chi connectivity index (χ1v) is 15.0. The first kappa shape index (κ1) is 24.9. The second kappa shape index (κ2) is 9.60. The summed E-state index contributed by atoms with van der Waals surface area (Å²) in [6.07, 6.45) is 3.05. The molecule has 3 heteroatoms. The molecule has 1 heterocycles. The summed E-state index contributed by atoms with van der Waals surface area (Å²) in [7, 11) is 0. The second-order valence-electron chi connectivity index (χ2n) is 11.4. The molecule has 0 spiro atoms. The van der Waals surface area contributed by atoms with Crippen LogP contribution in [0.25, 0.3) is 56.4 Å². The Morgan fingerprint density at radius 1 is 0.476 bits per heavy atom. The highest BCUT2D eigenvalue weighted by Gasteiger charge is 2.44. The van der Waals surface area contributed by atoms with Gasteiger partial charge in [-0.2, -0.15) is 0 Å². The number of hydrogen-bond acceptors (Lipinski definition) is 3. The molecule has 0 fully saturated rings. The smallest absolute Gasteiger partial charge is 0.164 e. The van der Waals surface area contributed by atoms with Gasteiger partial charge >= 0.3 is 0 Å². The van der Waals surface area contributed by atoms with Gasteiger partial charge in [0, 0.05) is 22.1 Å². The third-order valence-corrected chi connectivity index (χ3v) is 9.45. The Bertz CT molecular complexity index is 1910. The van der Waals surface area contributed by atoms with E-state index >= 15 is 0 Å². The minimum Gasteiger partial charge on any atom is -0.208 e. The van der Waals surface area contributed by atoms with Crippen molar-refractivity contribution in [2.45, 2.75) is 38.5 Å². The minimum atomic E-state index is -0.0508. The minimum absolute atomic E-state index is 0.0508. The summed E-state index contributed by atoms with van der Waals surface area (Å²) in [5, 5.41) is 0. The van der Waals surface area contributed by atoms with Gasteiger partial charge in [-0.05, 0) is 63.8 Å². The molecule has 0 amide bonds. The van der Waals surface area contributed by atoms with Crippen molar-refractivity contribution >= 4 is 0 Å². The van der Waals surface area contributed by atoms with Gasteiger partial charge in [-0.3, -0.25) is 0 Å². The van der Waals surface area contributed by atoms with Gasteiger partial charge in [0.2, 0.25) is 0 Å². The molecule has 202 valence electrons. The second-order valence-corrected chi connectivity index (χ2v) is 11.4. The molecule has 0 unspecified atom stereocenters. The quantitative estimate of drug-likeness (QED) is 0.218. The molecular weight excluding hydrogens is 510 g/mol. The van der Waals surface area contributed by atoms with Crippen LogP contribution < -0.4 is 0 Å². The van der Waals surface area contributed by atoms with E-state index in [1.165, 1.54) is 44.5 Å². The Labute approximate surface area is 247 Å². The van der Waals surface area contributed by atoms with E-state index in [0.717, 1.165) is 41.8 Å². The zero-order valence-corrected chi connectivity index (χ0v) is 23.9. The molecule has 3 nitrogen and oxygen atoms in total. The molecule has 0 aliphatic heterocycles. The first-order valence-electron chi connectivity index (χ1n) is 15.0. The maximum atomic E-state index is 5.16. The zero-order valence-electron chi connectivity index (χ0n) is 23.9. The van der Waals surface area contributed by atoms with Crippen molar-refractivity contribution in [3.05, 3.63) is 138 Å². The van der Waals surface area contributed by atoms with E-state index in [-0.39, 0.29) is 5.41 Å². The summed E-state index contributed by atoms with van der Waals surface area (Å²) < 4.78 is 0. The van der Waals surface area contributed by atoms with Crippen LogP contribution in [0, 0.1) is 0 Å². The molecule has 42 heavy (non-hydrogen) atoms. The van der Waals surface area contributed by atoms with Gasteiger partial charge in [-0.15, -0.1) is 0 Å². The van der Waals surface area contributed by atoms with Gasteiger partial charge in [0.1, 0.15) is 0 Å².